The minimum Gasteiger partial charge on any atom is -0.349 e. The molecule has 1 aromatic rings. The summed E-state index contributed by atoms with van der Waals surface area (Å²) in [5.41, 5.74) is 0.584. The van der Waals surface area contributed by atoms with Crippen molar-refractivity contribution < 1.29 is 9.72 Å². The number of aryl methyl sites for hydroxylation is 1. The fourth-order valence-electron chi connectivity index (χ4n) is 2.86. The maximum absolute atomic E-state index is 12.3. The van der Waals surface area contributed by atoms with Crippen LogP contribution in [0.15, 0.2) is 18.2 Å². The number of amides is 1. The van der Waals surface area contributed by atoms with Crippen molar-refractivity contribution >= 4 is 11.6 Å². The lowest BCUT2D eigenvalue weighted by molar-refractivity contribution is -0.385. The van der Waals surface area contributed by atoms with Gasteiger partial charge in [0, 0.05) is 11.6 Å². The average molecular weight is 276 g/mol. The van der Waals surface area contributed by atoms with E-state index in [1.54, 1.807) is 19.1 Å². The van der Waals surface area contributed by atoms with Crippen molar-refractivity contribution in [1.29, 1.82) is 0 Å². The standard InChI is InChI=1S/C15H20N2O3/c1-10-6-3-4-9-13(10)16-15(18)12-8-5-7-11(2)14(12)17(19)20/h5,7-8,10,13H,3-4,6,9H2,1-2H3,(H,16,18). The van der Waals surface area contributed by atoms with Gasteiger partial charge in [-0.15, -0.1) is 0 Å². The second kappa shape index (κ2) is 6.03. The van der Waals surface area contributed by atoms with Crippen LogP contribution in [0.1, 0.15) is 48.5 Å². The number of benzene rings is 1. The third-order valence-electron chi connectivity index (χ3n) is 4.09. The third kappa shape index (κ3) is 2.98. The summed E-state index contributed by atoms with van der Waals surface area (Å²) in [6, 6.07) is 4.98. The van der Waals surface area contributed by atoms with Crippen LogP contribution in [0.3, 0.4) is 0 Å². The number of carbonyl (C=O) groups excluding carboxylic acids is 1. The molecular formula is C15H20N2O3. The van der Waals surface area contributed by atoms with Crippen molar-refractivity contribution in [3.05, 3.63) is 39.4 Å². The van der Waals surface area contributed by atoms with Crippen molar-refractivity contribution in [3.63, 3.8) is 0 Å². The predicted molar refractivity (Wildman–Crippen MR) is 76.7 cm³/mol. The molecule has 20 heavy (non-hydrogen) atoms. The second-order valence-electron chi connectivity index (χ2n) is 5.57. The number of nitro benzene ring substituents is 1. The highest BCUT2D eigenvalue weighted by atomic mass is 16.6. The van der Waals surface area contributed by atoms with Gasteiger partial charge >= 0.3 is 0 Å². The lowest BCUT2D eigenvalue weighted by atomic mass is 9.86. The number of para-hydroxylation sites is 1. The van der Waals surface area contributed by atoms with Crippen LogP contribution in [-0.4, -0.2) is 16.9 Å². The van der Waals surface area contributed by atoms with E-state index >= 15 is 0 Å². The summed E-state index contributed by atoms with van der Waals surface area (Å²) in [5.74, 6) is 0.0933. The lowest BCUT2D eigenvalue weighted by Gasteiger charge is -2.29. The van der Waals surface area contributed by atoms with Gasteiger partial charge in [-0.3, -0.25) is 14.9 Å². The molecular weight excluding hydrogens is 256 g/mol. The van der Waals surface area contributed by atoms with E-state index in [0.29, 0.717) is 11.5 Å². The first-order valence-electron chi connectivity index (χ1n) is 7.05. The minimum absolute atomic E-state index is 0.0894. The first kappa shape index (κ1) is 14.5. The molecule has 0 saturated heterocycles. The largest absolute Gasteiger partial charge is 0.349 e. The van der Waals surface area contributed by atoms with Gasteiger partial charge in [0.2, 0.25) is 0 Å². The summed E-state index contributed by atoms with van der Waals surface area (Å²) < 4.78 is 0. The van der Waals surface area contributed by atoms with Crippen molar-refractivity contribution in [2.75, 3.05) is 0 Å². The van der Waals surface area contributed by atoms with Gasteiger partial charge in [-0.25, -0.2) is 0 Å². The van der Waals surface area contributed by atoms with E-state index in [9.17, 15) is 14.9 Å². The molecule has 1 aromatic carbocycles. The first-order chi connectivity index (χ1) is 9.50. The average Bonchev–Trinajstić information content (AvgIpc) is 2.40. The molecule has 1 fully saturated rings. The number of hydrogen-bond donors (Lipinski definition) is 1. The summed E-state index contributed by atoms with van der Waals surface area (Å²) in [5, 5.41) is 14.1. The van der Waals surface area contributed by atoms with E-state index in [2.05, 4.69) is 12.2 Å². The summed E-state index contributed by atoms with van der Waals surface area (Å²) in [7, 11) is 0. The molecule has 0 spiro atoms. The molecule has 2 unspecified atom stereocenters. The topological polar surface area (TPSA) is 72.2 Å². The molecule has 0 bridgehead atoms. The molecule has 108 valence electrons. The van der Waals surface area contributed by atoms with E-state index in [0.717, 1.165) is 19.3 Å². The Labute approximate surface area is 118 Å². The molecule has 5 heteroatoms. The maximum atomic E-state index is 12.3. The van der Waals surface area contributed by atoms with Gasteiger partial charge < -0.3 is 5.32 Å². The van der Waals surface area contributed by atoms with Gasteiger partial charge in [-0.1, -0.05) is 31.9 Å². The van der Waals surface area contributed by atoms with Gasteiger partial charge in [0.1, 0.15) is 5.56 Å². The van der Waals surface area contributed by atoms with Crippen LogP contribution in [0.2, 0.25) is 0 Å². The van der Waals surface area contributed by atoms with Crippen molar-refractivity contribution in [2.24, 2.45) is 5.92 Å². The molecule has 5 nitrogen and oxygen atoms in total. The van der Waals surface area contributed by atoms with Crippen LogP contribution >= 0.6 is 0 Å². The molecule has 0 aromatic heterocycles. The van der Waals surface area contributed by atoms with Gasteiger partial charge in [-0.05, 0) is 31.7 Å². The Hall–Kier alpha value is -1.91. The Morgan fingerprint density at radius 1 is 1.35 bits per heavy atom. The highest BCUT2D eigenvalue weighted by Crippen LogP contribution is 2.26. The van der Waals surface area contributed by atoms with Crippen molar-refractivity contribution in [2.45, 2.75) is 45.6 Å². The van der Waals surface area contributed by atoms with Crippen LogP contribution in [-0.2, 0) is 0 Å². The number of carbonyl (C=O) groups is 1. The Balaban J connectivity index is 2.21. The Kier molecular flexibility index (Phi) is 4.37. The minimum atomic E-state index is -0.478. The van der Waals surface area contributed by atoms with Gasteiger partial charge in [0.25, 0.3) is 11.6 Å². The van der Waals surface area contributed by atoms with Gasteiger partial charge in [0.15, 0.2) is 0 Å². The maximum Gasteiger partial charge on any atom is 0.285 e. The smallest absolute Gasteiger partial charge is 0.285 e. The van der Waals surface area contributed by atoms with Crippen molar-refractivity contribution in [3.8, 4) is 0 Å². The molecule has 0 radical (unpaired) electrons. The van der Waals surface area contributed by atoms with E-state index in [1.165, 1.54) is 12.5 Å². The van der Waals surface area contributed by atoms with E-state index in [1.807, 2.05) is 0 Å². The molecule has 1 N–H and O–H groups in total. The Morgan fingerprint density at radius 2 is 2.05 bits per heavy atom. The van der Waals surface area contributed by atoms with Gasteiger partial charge in [-0.2, -0.15) is 0 Å². The van der Waals surface area contributed by atoms with Crippen molar-refractivity contribution in [1.82, 2.24) is 5.32 Å². The fraction of sp³-hybridized carbons (Fsp3) is 0.533. The highest BCUT2D eigenvalue weighted by Gasteiger charge is 2.27. The van der Waals surface area contributed by atoms with E-state index in [4.69, 9.17) is 0 Å². The lowest BCUT2D eigenvalue weighted by Crippen LogP contribution is -2.41. The Bertz CT molecular complexity index is 528. The molecule has 1 aliphatic carbocycles. The van der Waals surface area contributed by atoms with E-state index < -0.39 is 4.92 Å². The summed E-state index contributed by atoms with van der Waals surface area (Å²) in [6.07, 6.45) is 4.34. The summed E-state index contributed by atoms with van der Waals surface area (Å²) in [4.78, 5) is 23.0. The number of rotatable bonds is 3. The number of nitrogens with one attached hydrogen (secondary N) is 1. The molecule has 0 heterocycles. The zero-order valence-electron chi connectivity index (χ0n) is 11.9. The van der Waals surface area contributed by atoms with Crippen LogP contribution in [0.4, 0.5) is 5.69 Å². The first-order valence-corrected chi connectivity index (χ1v) is 7.05. The number of hydrogen-bond acceptors (Lipinski definition) is 3. The fourth-order valence-corrected chi connectivity index (χ4v) is 2.86. The SMILES string of the molecule is Cc1cccc(C(=O)NC2CCCCC2C)c1[N+](=O)[O-]. The van der Waals surface area contributed by atoms with Crippen LogP contribution in [0.5, 0.6) is 0 Å². The predicted octanol–water partition coefficient (Wildman–Crippen LogP) is 3.21. The number of nitrogens with zero attached hydrogens (tertiary/aromatic N) is 1. The highest BCUT2D eigenvalue weighted by molar-refractivity contribution is 5.98. The second-order valence-corrected chi connectivity index (χ2v) is 5.57. The van der Waals surface area contributed by atoms with Crippen LogP contribution in [0.25, 0.3) is 0 Å². The zero-order valence-corrected chi connectivity index (χ0v) is 11.9. The summed E-state index contributed by atoms with van der Waals surface area (Å²) >= 11 is 0. The molecule has 2 rings (SSSR count). The molecule has 1 amide bonds. The van der Waals surface area contributed by atoms with Gasteiger partial charge in [0.05, 0.1) is 4.92 Å². The molecule has 2 atom stereocenters. The summed E-state index contributed by atoms with van der Waals surface area (Å²) in [6.45, 7) is 3.77. The molecule has 1 aliphatic rings. The monoisotopic (exact) mass is 276 g/mol. The normalized spacial score (nSPS) is 22.3. The molecule has 1 saturated carbocycles. The van der Waals surface area contributed by atoms with Crippen LogP contribution < -0.4 is 5.32 Å². The zero-order chi connectivity index (χ0) is 14.7. The van der Waals surface area contributed by atoms with E-state index in [-0.39, 0.29) is 23.2 Å². The Morgan fingerprint density at radius 3 is 2.70 bits per heavy atom. The number of nitro groups is 1. The quantitative estimate of drug-likeness (QED) is 0.680. The third-order valence-corrected chi connectivity index (χ3v) is 4.09. The molecule has 0 aliphatic heterocycles. The van der Waals surface area contributed by atoms with Crippen LogP contribution in [0, 0.1) is 23.0 Å².